The van der Waals surface area contributed by atoms with E-state index in [1.807, 2.05) is 0 Å². The summed E-state index contributed by atoms with van der Waals surface area (Å²) < 4.78 is 51.4. The van der Waals surface area contributed by atoms with E-state index >= 15 is 0 Å². The molecule has 0 unspecified atom stereocenters. The second-order valence-electron chi connectivity index (χ2n) is 10.0. The fourth-order valence-electron chi connectivity index (χ4n) is 4.49. The third kappa shape index (κ3) is 7.67. The van der Waals surface area contributed by atoms with Gasteiger partial charge in [-0.1, -0.05) is 19.0 Å². The Morgan fingerprint density at radius 1 is 1.18 bits per heavy atom. The molecule has 1 amide bonds. The molecule has 39 heavy (non-hydrogen) atoms. The molecule has 9 nitrogen and oxygen atoms in total. The number of amides is 1. The minimum Gasteiger partial charge on any atom is -0.493 e. The van der Waals surface area contributed by atoms with E-state index in [1.165, 1.54) is 0 Å². The number of nitrogens with zero attached hydrogens (tertiary/aromatic N) is 5. The van der Waals surface area contributed by atoms with Crippen LogP contribution in [0.5, 0.6) is 5.75 Å². The molecule has 12 heteroatoms. The molecule has 0 radical (unpaired) electrons. The summed E-state index contributed by atoms with van der Waals surface area (Å²) in [6.45, 7) is 5.00. The average Bonchev–Trinajstić information content (AvgIpc) is 3.38. The summed E-state index contributed by atoms with van der Waals surface area (Å²) in [5, 5.41) is 6.13. The minimum atomic E-state index is -1.04. The third-order valence-corrected chi connectivity index (χ3v) is 6.49. The smallest absolute Gasteiger partial charge is 0.257 e. The number of rotatable bonds is 12. The molecule has 2 aromatic heterocycles. The van der Waals surface area contributed by atoms with E-state index in [-0.39, 0.29) is 12.3 Å². The van der Waals surface area contributed by atoms with Crippen molar-refractivity contribution in [1.29, 1.82) is 0 Å². The minimum absolute atomic E-state index is 0.0134. The summed E-state index contributed by atoms with van der Waals surface area (Å²) >= 11 is 0. The molecule has 4 rings (SSSR count). The fraction of sp³-hybridized carbons (Fsp3) is 0.519. The number of hydrogen-bond donors (Lipinski definition) is 1. The van der Waals surface area contributed by atoms with Crippen molar-refractivity contribution in [2.45, 2.75) is 46.0 Å². The van der Waals surface area contributed by atoms with Crippen LogP contribution in [0.4, 0.5) is 19.1 Å². The van der Waals surface area contributed by atoms with E-state index in [4.69, 9.17) is 9.26 Å². The zero-order valence-electron chi connectivity index (χ0n) is 22.1. The maximum Gasteiger partial charge on any atom is 0.257 e. The molecular weight excluding hydrogens is 513 g/mol. The van der Waals surface area contributed by atoms with E-state index in [0.717, 1.165) is 57.3 Å². The summed E-state index contributed by atoms with van der Waals surface area (Å²) in [6, 6.07) is 1.95. The van der Waals surface area contributed by atoms with E-state index in [2.05, 4.69) is 44.2 Å². The summed E-state index contributed by atoms with van der Waals surface area (Å²) in [6.07, 6.45) is 7.73. The first-order valence-electron chi connectivity index (χ1n) is 13.2. The number of alkyl halides is 1. The van der Waals surface area contributed by atoms with Crippen molar-refractivity contribution in [3.8, 4) is 17.1 Å². The number of halogens is 3. The highest BCUT2D eigenvalue weighted by molar-refractivity contribution is 5.94. The van der Waals surface area contributed by atoms with Gasteiger partial charge in [0.2, 0.25) is 17.7 Å². The highest BCUT2D eigenvalue weighted by Crippen LogP contribution is 2.26. The van der Waals surface area contributed by atoms with Gasteiger partial charge in [0.05, 0.1) is 12.2 Å². The number of carbonyl (C=O) groups excluding carboxylic acids is 1. The van der Waals surface area contributed by atoms with Crippen molar-refractivity contribution >= 4 is 11.9 Å². The topological polar surface area (TPSA) is 106 Å². The van der Waals surface area contributed by atoms with Gasteiger partial charge in [0.1, 0.15) is 29.6 Å². The van der Waals surface area contributed by atoms with Gasteiger partial charge >= 0.3 is 0 Å². The first-order chi connectivity index (χ1) is 18.8. The van der Waals surface area contributed by atoms with Crippen LogP contribution >= 0.6 is 0 Å². The molecule has 0 bridgehead atoms. The van der Waals surface area contributed by atoms with Crippen molar-refractivity contribution < 1.29 is 27.2 Å². The molecule has 1 fully saturated rings. The predicted molar refractivity (Wildman–Crippen MR) is 138 cm³/mol. The third-order valence-electron chi connectivity index (χ3n) is 6.49. The largest absolute Gasteiger partial charge is 0.493 e. The van der Waals surface area contributed by atoms with E-state index in [9.17, 15) is 18.0 Å². The molecule has 3 heterocycles. The number of aromatic nitrogens is 4. The number of nitrogens with one attached hydrogen (secondary N) is 1. The summed E-state index contributed by atoms with van der Waals surface area (Å²) in [7, 11) is 0. The molecule has 1 N–H and O–H groups in total. The number of ether oxygens (including phenoxy) is 1. The average molecular weight is 547 g/mol. The molecule has 210 valence electrons. The van der Waals surface area contributed by atoms with Crippen LogP contribution in [-0.4, -0.2) is 58.9 Å². The van der Waals surface area contributed by atoms with Crippen molar-refractivity contribution in [2.24, 2.45) is 11.8 Å². The van der Waals surface area contributed by atoms with E-state index in [0.29, 0.717) is 41.7 Å². The van der Waals surface area contributed by atoms with Gasteiger partial charge in [-0.15, -0.1) is 0 Å². The Hall–Kier alpha value is -3.70. The van der Waals surface area contributed by atoms with Crippen molar-refractivity contribution in [3.05, 3.63) is 47.6 Å². The molecule has 0 spiro atoms. The van der Waals surface area contributed by atoms with Crippen LogP contribution in [0.15, 0.2) is 29.0 Å². The zero-order valence-corrected chi connectivity index (χ0v) is 22.1. The lowest BCUT2D eigenvalue weighted by atomic mass is 9.92. The first-order valence-corrected chi connectivity index (χ1v) is 13.2. The van der Waals surface area contributed by atoms with E-state index < -0.39 is 29.8 Å². The van der Waals surface area contributed by atoms with Crippen LogP contribution < -0.4 is 15.0 Å². The molecule has 1 saturated heterocycles. The molecule has 1 aromatic carbocycles. The number of carbonyl (C=O) groups is 1. The zero-order chi connectivity index (χ0) is 27.8. The van der Waals surface area contributed by atoms with Gasteiger partial charge in [-0.3, -0.25) is 4.79 Å². The Morgan fingerprint density at radius 2 is 1.87 bits per heavy atom. The van der Waals surface area contributed by atoms with Gasteiger partial charge in [-0.05, 0) is 37.5 Å². The molecule has 0 aliphatic carbocycles. The van der Waals surface area contributed by atoms with Gasteiger partial charge in [0.25, 0.3) is 5.91 Å². The predicted octanol–water partition coefficient (Wildman–Crippen LogP) is 4.78. The lowest BCUT2D eigenvalue weighted by molar-refractivity contribution is 0.0942. The molecular formula is C27H33F3N6O3. The Kier molecular flexibility index (Phi) is 9.72. The lowest BCUT2D eigenvalue weighted by Crippen LogP contribution is -2.34. The number of hydrogen-bond acceptors (Lipinski definition) is 8. The van der Waals surface area contributed by atoms with Crippen LogP contribution in [0, 0.1) is 23.5 Å². The Morgan fingerprint density at radius 3 is 2.51 bits per heavy atom. The van der Waals surface area contributed by atoms with Crippen molar-refractivity contribution in [1.82, 2.24) is 25.4 Å². The van der Waals surface area contributed by atoms with Gasteiger partial charge in [0.15, 0.2) is 0 Å². The highest BCUT2D eigenvalue weighted by atomic mass is 19.1. The molecule has 0 atom stereocenters. The number of anilines is 1. The SMILES string of the molecule is CC(C)Cc1nc(-c2cnc(N3CCC(CCCOc4cc(F)c(C(=O)NCCF)c(F)c4)CC3)nc2)no1. The quantitative estimate of drug-likeness (QED) is 0.324. The molecule has 1 aliphatic rings. The van der Waals surface area contributed by atoms with Crippen LogP contribution in [0.1, 0.15) is 55.8 Å². The Labute approximate surface area is 225 Å². The normalized spacial score (nSPS) is 14.2. The number of benzene rings is 1. The summed E-state index contributed by atoms with van der Waals surface area (Å²) in [5.41, 5.74) is -0.0337. The molecule has 3 aromatic rings. The Bertz CT molecular complexity index is 1210. The van der Waals surface area contributed by atoms with Gasteiger partial charge < -0.3 is 19.5 Å². The standard InChI is InChI=1S/C27H33F3N6O3/c1-17(2)12-23-34-25(35-39-23)19-15-32-27(33-16-19)36-9-5-18(6-10-36)4-3-11-38-20-13-21(29)24(22(30)14-20)26(37)31-8-7-28/h13-18H,3-12H2,1-2H3,(H,31,37). The van der Waals surface area contributed by atoms with Crippen LogP contribution in [-0.2, 0) is 6.42 Å². The summed E-state index contributed by atoms with van der Waals surface area (Å²) in [4.78, 5) is 27.3. The van der Waals surface area contributed by atoms with Crippen molar-refractivity contribution in [3.63, 3.8) is 0 Å². The van der Waals surface area contributed by atoms with Gasteiger partial charge in [-0.25, -0.2) is 23.1 Å². The monoisotopic (exact) mass is 546 g/mol. The first kappa shape index (κ1) is 28.3. The van der Waals surface area contributed by atoms with Gasteiger partial charge in [0, 0.05) is 50.6 Å². The lowest BCUT2D eigenvalue weighted by Gasteiger charge is -2.32. The Balaban J connectivity index is 1.19. The number of piperidine rings is 1. The highest BCUT2D eigenvalue weighted by Gasteiger charge is 2.22. The molecule has 1 aliphatic heterocycles. The fourth-order valence-corrected chi connectivity index (χ4v) is 4.49. The maximum atomic E-state index is 14.2. The second-order valence-corrected chi connectivity index (χ2v) is 10.0. The molecule has 0 saturated carbocycles. The van der Waals surface area contributed by atoms with Crippen LogP contribution in [0.3, 0.4) is 0 Å². The summed E-state index contributed by atoms with van der Waals surface area (Å²) in [5.74, 6) is -0.397. The van der Waals surface area contributed by atoms with Gasteiger partial charge in [-0.2, -0.15) is 4.98 Å². The maximum absolute atomic E-state index is 14.2. The second kappa shape index (κ2) is 13.4. The van der Waals surface area contributed by atoms with Crippen LogP contribution in [0.25, 0.3) is 11.4 Å². The van der Waals surface area contributed by atoms with E-state index in [1.54, 1.807) is 12.4 Å². The van der Waals surface area contributed by atoms with Crippen LogP contribution in [0.2, 0.25) is 0 Å². The van der Waals surface area contributed by atoms with Crippen molar-refractivity contribution in [2.75, 3.05) is 37.8 Å².